The zero-order chi connectivity index (χ0) is 14.7. The van der Waals surface area contributed by atoms with Crippen LogP contribution in [-0.4, -0.2) is 21.2 Å². The molecule has 0 bridgehead atoms. The van der Waals surface area contributed by atoms with Crippen LogP contribution in [0.25, 0.3) is 17.0 Å². The molecule has 7 heteroatoms. The minimum absolute atomic E-state index is 0.109. The van der Waals surface area contributed by atoms with E-state index in [4.69, 9.17) is 9.15 Å². The fraction of sp³-hybridized carbons (Fsp3) is 0.0714. The van der Waals surface area contributed by atoms with Gasteiger partial charge in [0.05, 0.1) is 0 Å². The number of ether oxygens (including phenoxy) is 1. The van der Waals surface area contributed by atoms with Crippen LogP contribution in [0.4, 0.5) is 0 Å². The number of carbonyl (C=O) groups is 1. The van der Waals surface area contributed by atoms with Gasteiger partial charge in [-0.3, -0.25) is 4.98 Å². The van der Waals surface area contributed by atoms with E-state index in [0.717, 1.165) is 11.0 Å². The van der Waals surface area contributed by atoms with Gasteiger partial charge in [0, 0.05) is 11.5 Å². The standard InChI is InChI=1S/C14H11N3O4/c18-13(20-8-12-15-14(19)17-16-12)6-5-10-7-9-3-1-2-4-11(9)21-10/h1-7H,8H2,(H2,15,16,17,19)/b6-5+. The second kappa shape index (κ2) is 5.49. The first kappa shape index (κ1) is 12.9. The van der Waals surface area contributed by atoms with Gasteiger partial charge >= 0.3 is 11.7 Å². The number of esters is 1. The van der Waals surface area contributed by atoms with Crippen LogP contribution in [-0.2, 0) is 16.1 Å². The van der Waals surface area contributed by atoms with E-state index in [-0.39, 0.29) is 12.4 Å². The van der Waals surface area contributed by atoms with E-state index in [2.05, 4.69) is 15.2 Å². The lowest BCUT2D eigenvalue weighted by Gasteiger charge is -1.96. The van der Waals surface area contributed by atoms with Crippen molar-refractivity contribution in [2.45, 2.75) is 6.61 Å². The molecule has 0 unspecified atom stereocenters. The normalized spacial score (nSPS) is 11.2. The number of para-hydroxylation sites is 1. The van der Waals surface area contributed by atoms with Crippen LogP contribution in [0.2, 0.25) is 0 Å². The van der Waals surface area contributed by atoms with Crippen LogP contribution in [0.5, 0.6) is 0 Å². The number of fused-ring (bicyclic) bond motifs is 1. The molecule has 0 saturated carbocycles. The highest BCUT2D eigenvalue weighted by atomic mass is 16.5. The maximum atomic E-state index is 11.5. The lowest BCUT2D eigenvalue weighted by molar-refractivity contribution is -0.139. The van der Waals surface area contributed by atoms with Gasteiger partial charge in [0.2, 0.25) is 0 Å². The highest BCUT2D eigenvalue weighted by Gasteiger charge is 2.04. The lowest BCUT2D eigenvalue weighted by Crippen LogP contribution is -2.04. The molecule has 0 fully saturated rings. The Morgan fingerprint density at radius 1 is 1.38 bits per heavy atom. The summed E-state index contributed by atoms with van der Waals surface area (Å²) in [5, 5.41) is 6.76. The van der Waals surface area contributed by atoms with Gasteiger partial charge in [0.25, 0.3) is 0 Å². The van der Waals surface area contributed by atoms with Gasteiger partial charge in [-0.25, -0.2) is 14.7 Å². The maximum Gasteiger partial charge on any atom is 0.340 e. The molecule has 2 heterocycles. The number of aromatic amines is 2. The summed E-state index contributed by atoms with van der Waals surface area (Å²) in [5.41, 5.74) is 0.304. The van der Waals surface area contributed by atoms with Crippen molar-refractivity contribution in [1.29, 1.82) is 0 Å². The Hall–Kier alpha value is -3.09. The first-order valence-corrected chi connectivity index (χ1v) is 6.18. The fourth-order valence-corrected chi connectivity index (χ4v) is 1.80. The summed E-state index contributed by atoms with van der Waals surface area (Å²) in [6.45, 7) is -0.109. The summed E-state index contributed by atoms with van der Waals surface area (Å²) < 4.78 is 10.4. The predicted molar refractivity (Wildman–Crippen MR) is 74.3 cm³/mol. The Balaban J connectivity index is 1.62. The molecule has 0 aliphatic carbocycles. The molecule has 0 aliphatic heterocycles. The highest BCUT2D eigenvalue weighted by molar-refractivity contribution is 5.88. The van der Waals surface area contributed by atoms with Gasteiger partial charge in [-0.2, -0.15) is 5.10 Å². The Morgan fingerprint density at radius 2 is 2.24 bits per heavy atom. The monoisotopic (exact) mass is 285 g/mol. The zero-order valence-electron chi connectivity index (χ0n) is 10.8. The molecule has 0 spiro atoms. The average Bonchev–Trinajstić information content (AvgIpc) is 3.08. The van der Waals surface area contributed by atoms with Crippen LogP contribution in [0.1, 0.15) is 11.6 Å². The lowest BCUT2D eigenvalue weighted by atomic mass is 10.2. The van der Waals surface area contributed by atoms with Crippen molar-refractivity contribution >= 4 is 23.0 Å². The number of H-pyrrole nitrogens is 2. The van der Waals surface area contributed by atoms with Crippen molar-refractivity contribution in [2.75, 3.05) is 0 Å². The summed E-state index contributed by atoms with van der Waals surface area (Å²) in [4.78, 5) is 24.7. The topological polar surface area (TPSA) is 101 Å². The van der Waals surface area contributed by atoms with Gasteiger partial charge in [0.1, 0.15) is 11.3 Å². The molecule has 0 aliphatic rings. The van der Waals surface area contributed by atoms with Gasteiger partial charge in [-0.05, 0) is 18.2 Å². The smallest absolute Gasteiger partial charge is 0.340 e. The summed E-state index contributed by atoms with van der Waals surface area (Å²) in [6, 6.07) is 9.37. The van der Waals surface area contributed by atoms with Crippen molar-refractivity contribution in [3.05, 3.63) is 58.5 Å². The molecular formula is C14H11N3O4. The summed E-state index contributed by atoms with van der Waals surface area (Å²) >= 11 is 0. The summed E-state index contributed by atoms with van der Waals surface area (Å²) in [6.07, 6.45) is 2.78. The van der Waals surface area contributed by atoms with Crippen LogP contribution in [0, 0.1) is 0 Å². The second-order valence-corrected chi connectivity index (χ2v) is 4.25. The van der Waals surface area contributed by atoms with Crippen molar-refractivity contribution in [3.8, 4) is 0 Å². The Bertz CT molecular complexity index is 823. The molecule has 3 aromatic rings. The average molecular weight is 285 g/mol. The zero-order valence-corrected chi connectivity index (χ0v) is 10.8. The number of hydrogen-bond donors (Lipinski definition) is 2. The van der Waals surface area contributed by atoms with Crippen molar-refractivity contribution in [2.24, 2.45) is 0 Å². The summed E-state index contributed by atoms with van der Waals surface area (Å²) in [7, 11) is 0. The number of rotatable bonds is 4. The molecular weight excluding hydrogens is 274 g/mol. The Morgan fingerprint density at radius 3 is 3.00 bits per heavy atom. The number of nitrogens with one attached hydrogen (secondary N) is 2. The molecule has 21 heavy (non-hydrogen) atoms. The highest BCUT2D eigenvalue weighted by Crippen LogP contribution is 2.19. The molecule has 0 atom stereocenters. The number of hydrogen-bond acceptors (Lipinski definition) is 5. The van der Waals surface area contributed by atoms with Crippen LogP contribution < -0.4 is 5.69 Å². The SMILES string of the molecule is O=C(/C=C/c1cc2ccccc2o1)OCc1n[nH]c(=O)[nH]1. The molecule has 7 nitrogen and oxygen atoms in total. The molecule has 106 valence electrons. The minimum atomic E-state index is -0.556. The predicted octanol–water partition coefficient (Wildman–Crippen LogP) is 1.60. The van der Waals surface area contributed by atoms with Crippen LogP contribution in [0.15, 0.2) is 45.6 Å². The maximum absolute atomic E-state index is 11.5. The molecule has 1 aromatic carbocycles. The molecule has 3 rings (SSSR count). The van der Waals surface area contributed by atoms with Crippen molar-refractivity contribution in [1.82, 2.24) is 15.2 Å². The molecule has 0 amide bonds. The number of carbonyl (C=O) groups excluding carboxylic acids is 1. The van der Waals surface area contributed by atoms with Crippen LogP contribution in [0.3, 0.4) is 0 Å². The van der Waals surface area contributed by atoms with E-state index in [1.54, 1.807) is 0 Å². The van der Waals surface area contributed by atoms with Crippen LogP contribution >= 0.6 is 0 Å². The van der Waals surface area contributed by atoms with Gasteiger partial charge in [-0.1, -0.05) is 18.2 Å². The first-order chi connectivity index (χ1) is 10.2. The molecule has 0 saturated heterocycles. The molecule has 2 aromatic heterocycles. The molecule has 2 N–H and O–H groups in total. The summed E-state index contributed by atoms with van der Waals surface area (Å²) in [5.74, 6) is 0.256. The van der Waals surface area contributed by atoms with E-state index in [1.807, 2.05) is 30.3 Å². The minimum Gasteiger partial charge on any atom is -0.457 e. The number of nitrogens with zero attached hydrogens (tertiary/aromatic N) is 1. The number of furan rings is 1. The molecule has 0 radical (unpaired) electrons. The fourth-order valence-electron chi connectivity index (χ4n) is 1.80. The van der Waals surface area contributed by atoms with E-state index >= 15 is 0 Å². The van der Waals surface area contributed by atoms with Gasteiger partial charge in [0.15, 0.2) is 12.4 Å². The second-order valence-electron chi connectivity index (χ2n) is 4.25. The number of aromatic nitrogens is 3. The Labute approximate surface area is 118 Å². The van der Waals surface area contributed by atoms with Gasteiger partial charge in [-0.15, -0.1) is 0 Å². The van der Waals surface area contributed by atoms with E-state index < -0.39 is 11.7 Å². The Kier molecular flexibility index (Phi) is 3.38. The third-order valence-corrected chi connectivity index (χ3v) is 2.73. The van der Waals surface area contributed by atoms with E-state index in [9.17, 15) is 9.59 Å². The van der Waals surface area contributed by atoms with Crippen molar-refractivity contribution in [3.63, 3.8) is 0 Å². The van der Waals surface area contributed by atoms with Crippen molar-refractivity contribution < 1.29 is 13.9 Å². The van der Waals surface area contributed by atoms with Gasteiger partial charge < -0.3 is 9.15 Å². The number of benzene rings is 1. The third-order valence-electron chi connectivity index (χ3n) is 2.73. The van der Waals surface area contributed by atoms with E-state index in [0.29, 0.717) is 5.76 Å². The largest absolute Gasteiger partial charge is 0.457 e. The first-order valence-electron chi connectivity index (χ1n) is 6.18. The van der Waals surface area contributed by atoms with E-state index in [1.165, 1.54) is 12.2 Å². The quantitative estimate of drug-likeness (QED) is 0.560. The third kappa shape index (κ3) is 3.08.